The molecule has 2 aromatic rings. The van der Waals surface area contributed by atoms with Crippen LogP contribution in [0.3, 0.4) is 0 Å². The molecular weight excluding hydrogens is 608 g/mol. The van der Waals surface area contributed by atoms with E-state index in [1.54, 1.807) is 51.3 Å². The largest absolute Gasteiger partial charge is 0.510 e. The van der Waals surface area contributed by atoms with E-state index in [1.807, 2.05) is 31.1 Å². The Morgan fingerprint density at radius 3 is 2.19 bits per heavy atom. The third-order valence-corrected chi connectivity index (χ3v) is 9.34. The van der Waals surface area contributed by atoms with E-state index in [4.69, 9.17) is 5.73 Å². The smallest absolute Gasteiger partial charge is 0.319 e. The van der Waals surface area contributed by atoms with Crippen molar-refractivity contribution in [3.05, 3.63) is 69.7 Å². The Balaban J connectivity index is 1.52. The molecule has 14 heteroatoms. The Hall–Kier alpha value is -5.08. The minimum atomic E-state index is -2.73. The molecule has 0 saturated carbocycles. The summed E-state index contributed by atoms with van der Waals surface area (Å²) in [4.78, 5) is 57.9. The summed E-state index contributed by atoms with van der Waals surface area (Å²) in [7, 11) is 10.5. The van der Waals surface area contributed by atoms with Crippen LogP contribution >= 0.6 is 0 Å². The molecule has 0 aliphatic heterocycles. The van der Waals surface area contributed by atoms with E-state index in [9.17, 15) is 39.6 Å². The maximum atomic E-state index is 14.2. The van der Waals surface area contributed by atoms with Crippen LogP contribution < -0.4 is 26.2 Å². The molecule has 0 heterocycles. The summed E-state index contributed by atoms with van der Waals surface area (Å²) in [5.41, 5.74) is 4.21. The summed E-state index contributed by atoms with van der Waals surface area (Å²) in [6, 6.07) is 7.22. The van der Waals surface area contributed by atoms with E-state index in [2.05, 4.69) is 10.6 Å². The lowest BCUT2D eigenvalue weighted by atomic mass is 9.58. The zero-order valence-electron chi connectivity index (χ0n) is 27.1. The Morgan fingerprint density at radius 1 is 1.00 bits per heavy atom. The minimum Gasteiger partial charge on any atom is -0.510 e. The van der Waals surface area contributed by atoms with Crippen LogP contribution in [0, 0.1) is 11.8 Å². The molecule has 47 heavy (non-hydrogen) atoms. The maximum Gasteiger partial charge on any atom is 0.319 e. The molecule has 0 radical (unpaired) electrons. The fraction of sp³-hybridized carbons (Fsp3) is 0.394. The topological polar surface area (TPSA) is 209 Å². The number of phenolic OH excluding ortho intramolecular Hbond substituents is 1. The monoisotopic (exact) mass is 648 g/mol. The number of carbonyl (C=O) groups excluding carboxylic acids is 4. The van der Waals surface area contributed by atoms with Gasteiger partial charge in [0.15, 0.2) is 11.4 Å². The van der Waals surface area contributed by atoms with Gasteiger partial charge in [-0.2, -0.15) is 0 Å². The van der Waals surface area contributed by atoms with E-state index in [-0.39, 0.29) is 36.1 Å². The molecule has 0 aromatic heterocycles. The van der Waals surface area contributed by atoms with Gasteiger partial charge in [0.1, 0.15) is 22.8 Å². The molecule has 0 spiro atoms. The number of likely N-dealkylation sites (N-methyl/N-ethyl adjacent to an activating group) is 1. The van der Waals surface area contributed by atoms with Crippen LogP contribution in [0.1, 0.15) is 27.9 Å². The molecule has 0 unspecified atom stereocenters. The van der Waals surface area contributed by atoms with Crippen molar-refractivity contribution in [3.63, 3.8) is 0 Å². The van der Waals surface area contributed by atoms with Gasteiger partial charge in [0.05, 0.1) is 11.6 Å². The number of primary amides is 1. The van der Waals surface area contributed by atoms with Gasteiger partial charge in [-0.3, -0.25) is 19.3 Å². The summed E-state index contributed by atoms with van der Waals surface area (Å²) < 4.78 is 0. The average Bonchev–Trinajstić information content (AvgIpc) is 2.98. The van der Waals surface area contributed by atoms with Crippen LogP contribution in [0.2, 0.25) is 0 Å². The average molecular weight is 649 g/mol. The van der Waals surface area contributed by atoms with Crippen molar-refractivity contribution in [2.24, 2.45) is 17.6 Å². The van der Waals surface area contributed by atoms with Gasteiger partial charge in [-0.15, -0.1) is 0 Å². The summed E-state index contributed by atoms with van der Waals surface area (Å²) >= 11 is 0. The van der Waals surface area contributed by atoms with Crippen LogP contribution in [0.25, 0.3) is 0 Å². The first-order valence-corrected chi connectivity index (χ1v) is 15.0. The van der Waals surface area contributed by atoms with Crippen LogP contribution in [0.15, 0.2) is 53.0 Å². The second kappa shape index (κ2) is 11.9. The zero-order valence-corrected chi connectivity index (χ0v) is 27.1. The Kier molecular flexibility index (Phi) is 8.45. The molecule has 250 valence electrons. The molecule has 0 fully saturated rings. The van der Waals surface area contributed by atoms with Crippen molar-refractivity contribution in [2.75, 3.05) is 57.4 Å². The van der Waals surface area contributed by atoms with Crippen molar-refractivity contribution in [3.8, 4) is 5.75 Å². The number of aliphatic hydroxyl groups is 3. The Morgan fingerprint density at radius 2 is 1.64 bits per heavy atom. The van der Waals surface area contributed by atoms with Crippen molar-refractivity contribution in [1.82, 2.24) is 10.2 Å². The van der Waals surface area contributed by atoms with Crippen molar-refractivity contribution >= 4 is 40.6 Å². The second-order valence-corrected chi connectivity index (χ2v) is 12.9. The highest BCUT2D eigenvalue weighted by Crippen LogP contribution is 2.53. The number of benzene rings is 2. The number of phenols is 1. The van der Waals surface area contributed by atoms with Gasteiger partial charge in [0.25, 0.3) is 5.91 Å². The molecule has 0 bridgehead atoms. The van der Waals surface area contributed by atoms with E-state index < -0.39 is 69.8 Å². The van der Waals surface area contributed by atoms with E-state index in [0.717, 1.165) is 5.69 Å². The molecule has 5 rings (SSSR count). The fourth-order valence-corrected chi connectivity index (χ4v) is 7.08. The van der Waals surface area contributed by atoms with Crippen molar-refractivity contribution in [2.45, 2.75) is 31.0 Å². The molecular formula is C33H40N6O8. The van der Waals surface area contributed by atoms with Gasteiger partial charge in [0, 0.05) is 68.9 Å². The first-order valence-electron chi connectivity index (χ1n) is 15.0. The SMILES string of the molecule is CN(C)c1ccc(NC(=O)NCc2cc(N(C)C)c3c(c2O)C(=O)C2=C(O)[C@]4(O)C(=O)C(C(N)=O)=C(O)[C@@H](N(C)C)[C@@H]4C[C@@H]2C3)cc1. The predicted octanol–water partition coefficient (Wildman–Crippen LogP) is 1.57. The summed E-state index contributed by atoms with van der Waals surface area (Å²) in [5, 5.41) is 51.2. The predicted molar refractivity (Wildman–Crippen MR) is 175 cm³/mol. The number of anilines is 3. The summed E-state index contributed by atoms with van der Waals surface area (Å²) in [6.45, 7) is -0.162. The third-order valence-electron chi connectivity index (χ3n) is 9.34. The molecule has 2 aromatic carbocycles. The van der Waals surface area contributed by atoms with E-state index in [1.165, 1.54) is 4.90 Å². The first-order chi connectivity index (χ1) is 22.0. The highest BCUT2D eigenvalue weighted by molar-refractivity contribution is 6.25. The molecule has 3 aliphatic rings. The highest BCUT2D eigenvalue weighted by Gasteiger charge is 2.63. The number of fused-ring (bicyclic) bond motifs is 3. The zero-order chi connectivity index (χ0) is 34.7. The number of nitrogens with zero attached hydrogens (tertiary/aromatic N) is 3. The number of amides is 3. The molecule has 3 amide bonds. The molecule has 0 saturated heterocycles. The molecule has 8 N–H and O–H groups in total. The van der Waals surface area contributed by atoms with Gasteiger partial charge in [-0.1, -0.05) is 0 Å². The number of Topliss-reactive ketones (excluding diaryl/α,β-unsaturated/α-hetero) is 2. The number of urea groups is 1. The number of nitrogens with one attached hydrogen (secondary N) is 2. The maximum absolute atomic E-state index is 14.2. The molecule has 3 aliphatic carbocycles. The second-order valence-electron chi connectivity index (χ2n) is 12.9. The lowest BCUT2D eigenvalue weighted by Crippen LogP contribution is -2.63. The number of carbonyl (C=O) groups is 4. The third kappa shape index (κ3) is 5.32. The first kappa shape index (κ1) is 33.3. The van der Waals surface area contributed by atoms with Gasteiger partial charge < -0.3 is 46.6 Å². The number of nitrogens with two attached hydrogens (primary N) is 1. The quantitative estimate of drug-likeness (QED) is 0.214. The van der Waals surface area contributed by atoms with Crippen LogP contribution in [-0.4, -0.2) is 103 Å². The number of hydrogen-bond donors (Lipinski definition) is 7. The lowest BCUT2D eigenvalue weighted by molar-refractivity contribution is -0.148. The fourth-order valence-electron chi connectivity index (χ4n) is 7.08. The summed E-state index contributed by atoms with van der Waals surface area (Å²) in [5.74, 6) is -7.19. The van der Waals surface area contributed by atoms with Crippen LogP contribution in [-0.2, 0) is 22.6 Å². The number of rotatable bonds is 7. The minimum absolute atomic E-state index is 0.0155. The lowest BCUT2D eigenvalue weighted by Gasteiger charge is -2.50. The van der Waals surface area contributed by atoms with E-state index >= 15 is 0 Å². The Bertz CT molecular complexity index is 1750. The highest BCUT2D eigenvalue weighted by atomic mass is 16.3. The van der Waals surface area contributed by atoms with Gasteiger partial charge in [-0.25, -0.2) is 4.79 Å². The number of aliphatic hydroxyl groups excluding tert-OH is 2. The summed E-state index contributed by atoms with van der Waals surface area (Å²) in [6.07, 6.45) is 0.130. The molecule has 14 nitrogen and oxygen atoms in total. The van der Waals surface area contributed by atoms with Crippen molar-refractivity contribution in [1.29, 1.82) is 0 Å². The number of hydrogen-bond acceptors (Lipinski definition) is 11. The van der Waals surface area contributed by atoms with Crippen LogP contribution in [0.5, 0.6) is 5.75 Å². The molecule has 4 atom stereocenters. The standard InChI is InChI=1S/C33H40N6O8/c1-37(2)18-9-7-17(8-10-18)36-32(46)35-14-16-13-21(38(3)4)19-11-15-12-20-25(39(5)6)28(42)24(31(34)45)30(44)33(20,47)29(43)22(15)27(41)23(19)26(16)40/h7-10,13,15,20,25,40,42-43,47H,11-12,14H2,1-6H3,(H2,34,45)(H2,35,36,46)/t15-,20-,25-,33-/m0/s1. The number of ketones is 2. The van der Waals surface area contributed by atoms with Crippen molar-refractivity contribution < 1.29 is 39.6 Å². The van der Waals surface area contributed by atoms with Gasteiger partial charge >= 0.3 is 6.03 Å². The van der Waals surface area contributed by atoms with Gasteiger partial charge in [-0.05, 0) is 68.8 Å². The van der Waals surface area contributed by atoms with E-state index in [0.29, 0.717) is 16.9 Å². The number of aromatic hydroxyl groups is 1. The Labute approximate surface area is 271 Å². The van der Waals surface area contributed by atoms with Crippen LogP contribution in [0.4, 0.5) is 21.9 Å². The normalized spacial score (nSPS) is 23.6. The number of allylic oxidation sites excluding steroid dienone is 1. The van der Waals surface area contributed by atoms with Gasteiger partial charge in [0.2, 0.25) is 5.78 Å².